The van der Waals surface area contributed by atoms with Crippen molar-refractivity contribution in [2.45, 2.75) is 33.1 Å². The van der Waals surface area contributed by atoms with Crippen molar-refractivity contribution < 1.29 is 9.90 Å². The van der Waals surface area contributed by atoms with E-state index >= 15 is 0 Å². The van der Waals surface area contributed by atoms with E-state index in [9.17, 15) is 9.90 Å². The fraction of sp³-hybridized carbons (Fsp3) is 0.533. The van der Waals surface area contributed by atoms with Gasteiger partial charge in [-0.3, -0.25) is 0 Å². The highest BCUT2D eigenvalue weighted by molar-refractivity contribution is 9.10. The van der Waals surface area contributed by atoms with Crippen LogP contribution in [0.1, 0.15) is 43.5 Å². The second kappa shape index (κ2) is 5.53. The number of hydrogen-bond acceptors (Lipinski definition) is 2. The molecule has 2 rings (SSSR count). The number of piperidine rings is 1. The van der Waals surface area contributed by atoms with E-state index in [2.05, 4.69) is 34.7 Å². The second-order valence-corrected chi connectivity index (χ2v) is 6.44. The van der Waals surface area contributed by atoms with Gasteiger partial charge in [-0.1, -0.05) is 26.3 Å². The van der Waals surface area contributed by atoms with Crippen LogP contribution in [0.25, 0.3) is 0 Å². The van der Waals surface area contributed by atoms with Crippen LogP contribution in [0.5, 0.6) is 0 Å². The van der Waals surface area contributed by atoms with Crippen molar-refractivity contribution in [1.82, 2.24) is 0 Å². The number of hydrogen-bond donors (Lipinski definition) is 1. The topological polar surface area (TPSA) is 40.5 Å². The first-order valence-electron chi connectivity index (χ1n) is 6.73. The van der Waals surface area contributed by atoms with Crippen molar-refractivity contribution >= 4 is 27.6 Å². The Balaban J connectivity index is 2.25. The van der Waals surface area contributed by atoms with E-state index in [0.29, 0.717) is 15.5 Å². The first-order valence-corrected chi connectivity index (χ1v) is 7.53. The maximum Gasteiger partial charge on any atom is 0.338 e. The highest BCUT2D eigenvalue weighted by Crippen LogP contribution is 2.37. The van der Waals surface area contributed by atoms with E-state index in [-0.39, 0.29) is 0 Å². The van der Waals surface area contributed by atoms with E-state index in [0.717, 1.165) is 31.6 Å². The van der Waals surface area contributed by atoms with Gasteiger partial charge in [0.1, 0.15) is 0 Å². The van der Waals surface area contributed by atoms with Gasteiger partial charge in [-0.25, -0.2) is 4.79 Å². The Bertz CT molecular complexity index is 479. The molecule has 1 N–H and O–H groups in total. The Kier molecular flexibility index (Phi) is 4.19. The molecule has 0 radical (unpaired) electrons. The average molecular weight is 326 g/mol. The summed E-state index contributed by atoms with van der Waals surface area (Å²) in [6.45, 7) is 6.42. The molecule has 0 amide bonds. The summed E-state index contributed by atoms with van der Waals surface area (Å²) >= 11 is 3.34. The zero-order valence-electron chi connectivity index (χ0n) is 11.4. The third kappa shape index (κ3) is 2.94. The molecule has 1 fully saturated rings. The molecule has 0 saturated carbocycles. The zero-order valence-corrected chi connectivity index (χ0v) is 13.0. The summed E-state index contributed by atoms with van der Waals surface area (Å²) in [5, 5.41) is 9.37. The van der Waals surface area contributed by atoms with E-state index in [1.807, 2.05) is 12.1 Å². The molecule has 104 valence electrons. The van der Waals surface area contributed by atoms with Crippen LogP contribution in [-0.4, -0.2) is 24.2 Å². The lowest BCUT2D eigenvalue weighted by Crippen LogP contribution is -2.39. The zero-order chi connectivity index (χ0) is 14.0. The summed E-state index contributed by atoms with van der Waals surface area (Å²) in [4.78, 5) is 13.6. The van der Waals surface area contributed by atoms with Crippen molar-refractivity contribution in [2.24, 2.45) is 5.41 Å². The maximum absolute atomic E-state index is 11.4. The number of carboxylic acids is 1. The van der Waals surface area contributed by atoms with Gasteiger partial charge in [0.05, 0.1) is 11.3 Å². The maximum atomic E-state index is 11.4. The number of carbonyl (C=O) groups is 1. The van der Waals surface area contributed by atoms with Gasteiger partial charge in [0, 0.05) is 17.6 Å². The molecule has 0 aliphatic carbocycles. The van der Waals surface area contributed by atoms with Crippen molar-refractivity contribution in [1.29, 1.82) is 0 Å². The minimum atomic E-state index is -0.869. The number of rotatable bonds is 3. The van der Waals surface area contributed by atoms with Gasteiger partial charge in [0.25, 0.3) is 0 Å². The van der Waals surface area contributed by atoms with Gasteiger partial charge in [0.2, 0.25) is 0 Å². The highest BCUT2D eigenvalue weighted by atomic mass is 79.9. The Morgan fingerprint density at radius 1 is 1.42 bits per heavy atom. The Morgan fingerprint density at radius 3 is 2.58 bits per heavy atom. The van der Waals surface area contributed by atoms with Crippen molar-refractivity contribution in [3.05, 3.63) is 28.2 Å². The number of carboxylic acid groups (broad SMARTS) is 1. The average Bonchev–Trinajstić information content (AvgIpc) is 2.39. The molecule has 1 aromatic rings. The first-order chi connectivity index (χ1) is 8.97. The predicted molar refractivity (Wildman–Crippen MR) is 80.9 cm³/mol. The van der Waals surface area contributed by atoms with Crippen LogP contribution in [-0.2, 0) is 0 Å². The van der Waals surface area contributed by atoms with Crippen molar-refractivity contribution in [3.8, 4) is 0 Å². The molecule has 1 aliphatic heterocycles. The van der Waals surface area contributed by atoms with Gasteiger partial charge >= 0.3 is 5.97 Å². The van der Waals surface area contributed by atoms with Crippen LogP contribution in [0.4, 0.5) is 5.69 Å². The highest BCUT2D eigenvalue weighted by Gasteiger charge is 2.30. The molecule has 0 bridgehead atoms. The van der Waals surface area contributed by atoms with E-state index in [1.165, 1.54) is 6.42 Å². The first kappa shape index (κ1) is 14.4. The summed E-state index contributed by atoms with van der Waals surface area (Å²) in [6, 6.07) is 5.59. The van der Waals surface area contributed by atoms with Gasteiger partial charge in [-0.2, -0.15) is 0 Å². The van der Waals surface area contributed by atoms with E-state index in [1.54, 1.807) is 6.07 Å². The molecule has 0 spiro atoms. The Morgan fingerprint density at radius 2 is 2.05 bits per heavy atom. The van der Waals surface area contributed by atoms with Gasteiger partial charge in [-0.05, 0) is 46.3 Å². The standard InChI is InChI=1S/C15H20BrNO2/c1-3-15(2)7-9-17(10-8-15)12-6-4-5-11(16)13(12)14(18)19/h4-6H,3,7-10H2,1-2H3,(H,18,19). The minimum absolute atomic E-state index is 0.377. The SMILES string of the molecule is CCC1(C)CCN(c2cccc(Br)c2C(=O)O)CC1. The minimum Gasteiger partial charge on any atom is -0.478 e. The quantitative estimate of drug-likeness (QED) is 0.906. The number of aromatic carboxylic acids is 1. The number of benzene rings is 1. The van der Waals surface area contributed by atoms with Crippen molar-refractivity contribution in [2.75, 3.05) is 18.0 Å². The summed E-state index contributed by atoms with van der Waals surface area (Å²) in [5.41, 5.74) is 1.62. The molecule has 1 aromatic carbocycles. The Labute approximate surface area is 122 Å². The number of anilines is 1. The van der Waals surface area contributed by atoms with Gasteiger partial charge in [-0.15, -0.1) is 0 Å². The summed E-state index contributed by atoms with van der Waals surface area (Å²) in [5.74, 6) is -0.869. The molecule has 19 heavy (non-hydrogen) atoms. The number of nitrogens with zero attached hydrogens (tertiary/aromatic N) is 1. The third-order valence-electron chi connectivity index (χ3n) is 4.37. The monoisotopic (exact) mass is 325 g/mol. The van der Waals surface area contributed by atoms with Crippen LogP contribution in [0, 0.1) is 5.41 Å². The van der Waals surface area contributed by atoms with E-state index in [4.69, 9.17) is 0 Å². The lowest BCUT2D eigenvalue weighted by atomic mass is 9.78. The van der Waals surface area contributed by atoms with Crippen LogP contribution < -0.4 is 4.90 Å². The molecule has 1 heterocycles. The summed E-state index contributed by atoms with van der Waals surface area (Å²) in [7, 11) is 0. The predicted octanol–water partition coefficient (Wildman–Crippen LogP) is 4.16. The molecular formula is C15H20BrNO2. The van der Waals surface area contributed by atoms with Gasteiger partial charge in [0.15, 0.2) is 0 Å². The largest absolute Gasteiger partial charge is 0.478 e. The summed E-state index contributed by atoms with van der Waals surface area (Å²) in [6.07, 6.45) is 3.43. The number of halogens is 1. The van der Waals surface area contributed by atoms with Crippen LogP contribution in [0.3, 0.4) is 0 Å². The molecule has 4 heteroatoms. The molecule has 0 unspecified atom stereocenters. The van der Waals surface area contributed by atoms with Crippen LogP contribution in [0.2, 0.25) is 0 Å². The molecule has 3 nitrogen and oxygen atoms in total. The molecule has 1 saturated heterocycles. The lowest BCUT2D eigenvalue weighted by Gasteiger charge is -2.40. The molecular weight excluding hydrogens is 306 g/mol. The second-order valence-electron chi connectivity index (χ2n) is 5.59. The Hall–Kier alpha value is -1.03. The lowest BCUT2D eigenvalue weighted by molar-refractivity contribution is 0.0696. The normalized spacial score (nSPS) is 18.4. The van der Waals surface area contributed by atoms with Crippen LogP contribution >= 0.6 is 15.9 Å². The van der Waals surface area contributed by atoms with Crippen molar-refractivity contribution in [3.63, 3.8) is 0 Å². The molecule has 1 aliphatic rings. The molecule has 0 atom stereocenters. The van der Waals surface area contributed by atoms with Gasteiger partial charge < -0.3 is 10.0 Å². The third-order valence-corrected chi connectivity index (χ3v) is 5.03. The van der Waals surface area contributed by atoms with E-state index < -0.39 is 5.97 Å². The summed E-state index contributed by atoms with van der Waals surface area (Å²) < 4.78 is 0.654. The fourth-order valence-corrected chi connectivity index (χ4v) is 3.15. The smallest absolute Gasteiger partial charge is 0.338 e. The molecule has 0 aromatic heterocycles. The van der Waals surface area contributed by atoms with Crippen LogP contribution in [0.15, 0.2) is 22.7 Å². The fourth-order valence-electron chi connectivity index (χ4n) is 2.63.